The van der Waals surface area contributed by atoms with Crippen LogP contribution in [0.5, 0.6) is 17.2 Å². The van der Waals surface area contributed by atoms with Crippen molar-refractivity contribution in [3.63, 3.8) is 0 Å². The van der Waals surface area contributed by atoms with Crippen LogP contribution in [0.25, 0.3) is 0 Å². The van der Waals surface area contributed by atoms with E-state index in [4.69, 9.17) is 14.2 Å². The fraction of sp³-hybridized carbons (Fsp3) is 0.300. The first-order chi connectivity index (χ1) is 13.0. The second-order valence-electron chi connectivity index (χ2n) is 6.16. The van der Waals surface area contributed by atoms with Gasteiger partial charge in [-0.25, -0.2) is 4.79 Å². The van der Waals surface area contributed by atoms with E-state index >= 15 is 0 Å². The molecular weight excluding hydrogens is 348 g/mol. The van der Waals surface area contributed by atoms with Crippen molar-refractivity contribution in [2.24, 2.45) is 0 Å². The molecule has 2 N–H and O–H groups in total. The maximum absolute atomic E-state index is 11.7. The summed E-state index contributed by atoms with van der Waals surface area (Å²) in [5, 5.41) is 21.8. The van der Waals surface area contributed by atoms with E-state index in [0.29, 0.717) is 34.9 Å². The second-order valence-corrected chi connectivity index (χ2v) is 6.16. The lowest BCUT2D eigenvalue weighted by atomic mass is 9.81. The number of fused-ring (bicyclic) bond motifs is 1. The van der Waals surface area contributed by atoms with Gasteiger partial charge in [0, 0.05) is 17.2 Å². The fourth-order valence-electron chi connectivity index (χ4n) is 3.52. The van der Waals surface area contributed by atoms with Gasteiger partial charge in [0.25, 0.3) is 0 Å². The molecular formula is C20H20N2O5. The predicted molar refractivity (Wildman–Crippen MR) is 98.8 cm³/mol. The first kappa shape index (κ1) is 18.4. The maximum Gasteiger partial charge on any atom is 0.326 e. The van der Waals surface area contributed by atoms with Gasteiger partial charge < -0.3 is 24.6 Å². The summed E-state index contributed by atoms with van der Waals surface area (Å²) in [5.74, 6) is 0.231. The van der Waals surface area contributed by atoms with Crippen molar-refractivity contribution in [1.29, 1.82) is 5.26 Å². The molecule has 7 nitrogen and oxygen atoms in total. The molecule has 2 aromatic rings. The van der Waals surface area contributed by atoms with Gasteiger partial charge >= 0.3 is 5.97 Å². The molecule has 0 aromatic heterocycles. The zero-order valence-electron chi connectivity index (χ0n) is 15.3. The molecule has 3 rings (SSSR count). The summed E-state index contributed by atoms with van der Waals surface area (Å²) in [6, 6.07) is 10.2. The van der Waals surface area contributed by atoms with Crippen LogP contribution in [0.2, 0.25) is 0 Å². The molecule has 0 aliphatic carbocycles. The Hall–Kier alpha value is -3.40. The number of carboxylic acid groups (broad SMARTS) is 1. The van der Waals surface area contributed by atoms with Crippen molar-refractivity contribution in [2.75, 3.05) is 26.6 Å². The summed E-state index contributed by atoms with van der Waals surface area (Å²) in [6.45, 7) is 0. The highest BCUT2D eigenvalue weighted by Crippen LogP contribution is 2.48. The SMILES string of the molecule is COc1ccc(C2CC(C(=O)O)Nc3ccc(C#N)cc32)c(OC)c1OC. The number of ether oxygens (including phenoxy) is 3. The van der Waals surface area contributed by atoms with Crippen LogP contribution in [-0.2, 0) is 4.79 Å². The molecule has 0 saturated carbocycles. The summed E-state index contributed by atoms with van der Waals surface area (Å²) >= 11 is 0. The average Bonchev–Trinajstić information content (AvgIpc) is 2.70. The number of carbonyl (C=O) groups is 1. The number of nitriles is 1. The Morgan fingerprint density at radius 2 is 1.85 bits per heavy atom. The Bertz CT molecular complexity index is 919. The van der Waals surface area contributed by atoms with Gasteiger partial charge in [0.05, 0.1) is 33.0 Å². The van der Waals surface area contributed by atoms with Crippen LogP contribution in [0.1, 0.15) is 29.0 Å². The molecule has 140 valence electrons. The third-order valence-electron chi connectivity index (χ3n) is 4.77. The number of carboxylic acids is 1. The predicted octanol–water partition coefficient (Wildman–Crippen LogP) is 2.98. The van der Waals surface area contributed by atoms with Gasteiger partial charge in [0.15, 0.2) is 11.5 Å². The summed E-state index contributed by atoms with van der Waals surface area (Å²) in [6.07, 6.45) is 0.309. The van der Waals surface area contributed by atoms with E-state index in [1.54, 1.807) is 24.3 Å². The first-order valence-corrected chi connectivity index (χ1v) is 8.36. The Kier molecular flexibility index (Phi) is 5.08. The molecule has 0 saturated heterocycles. The van der Waals surface area contributed by atoms with Crippen LogP contribution in [0.3, 0.4) is 0 Å². The van der Waals surface area contributed by atoms with Crippen LogP contribution in [0.15, 0.2) is 30.3 Å². The van der Waals surface area contributed by atoms with Gasteiger partial charge in [-0.3, -0.25) is 0 Å². The normalized spacial score (nSPS) is 17.9. The van der Waals surface area contributed by atoms with Crippen LogP contribution >= 0.6 is 0 Å². The van der Waals surface area contributed by atoms with Crippen LogP contribution in [0, 0.1) is 11.3 Å². The van der Waals surface area contributed by atoms with Gasteiger partial charge in [-0.1, -0.05) is 6.07 Å². The number of nitrogens with zero attached hydrogens (tertiary/aromatic N) is 1. The Morgan fingerprint density at radius 1 is 1.11 bits per heavy atom. The monoisotopic (exact) mass is 368 g/mol. The zero-order valence-corrected chi connectivity index (χ0v) is 15.3. The van der Waals surface area contributed by atoms with Gasteiger partial charge in [0.1, 0.15) is 6.04 Å². The number of anilines is 1. The van der Waals surface area contributed by atoms with E-state index in [2.05, 4.69) is 11.4 Å². The van der Waals surface area contributed by atoms with Crippen LogP contribution in [0.4, 0.5) is 5.69 Å². The average molecular weight is 368 g/mol. The highest BCUT2D eigenvalue weighted by molar-refractivity contribution is 5.80. The molecule has 2 unspecified atom stereocenters. The number of aliphatic carboxylic acids is 1. The number of benzene rings is 2. The zero-order chi connectivity index (χ0) is 19.6. The van der Waals surface area contributed by atoms with Crippen molar-refractivity contribution in [3.05, 3.63) is 47.0 Å². The Labute approximate surface area is 157 Å². The van der Waals surface area contributed by atoms with Gasteiger partial charge in [-0.2, -0.15) is 5.26 Å². The minimum atomic E-state index is -0.936. The third-order valence-corrected chi connectivity index (χ3v) is 4.77. The van der Waals surface area contributed by atoms with Gasteiger partial charge in [-0.15, -0.1) is 0 Å². The van der Waals surface area contributed by atoms with Crippen molar-refractivity contribution in [2.45, 2.75) is 18.4 Å². The standard InChI is InChI=1S/C20H20N2O5/c1-25-17-7-5-12(18(26-2)19(17)27-3)13-9-16(20(23)24)22-15-6-4-11(10-21)8-14(13)15/h4-8,13,16,22H,9H2,1-3H3,(H,23,24). The third kappa shape index (κ3) is 3.22. The summed E-state index contributed by atoms with van der Waals surface area (Å²) < 4.78 is 16.4. The Balaban J connectivity index is 2.21. The van der Waals surface area contributed by atoms with Crippen molar-refractivity contribution in [1.82, 2.24) is 0 Å². The van der Waals surface area contributed by atoms with E-state index in [1.165, 1.54) is 21.3 Å². The Morgan fingerprint density at radius 3 is 2.44 bits per heavy atom. The number of nitrogens with one attached hydrogen (secondary N) is 1. The smallest absolute Gasteiger partial charge is 0.326 e. The molecule has 0 radical (unpaired) electrons. The highest BCUT2D eigenvalue weighted by Gasteiger charge is 2.34. The topological polar surface area (TPSA) is 101 Å². The van der Waals surface area contributed by atoms with Crippen molar-refractivity contribution in [3.8, 4) is 23.3 Å². The number of hydrogen-bond donors (Lipinski definition) is 2. The molecule has 1 aliphatic heterocycles. The van der Waals surface area contributed by atoms with Crippen LogP contribution in [-0.4, -0.2) is 38.4 Å². The molecule has 0 amide bonds. The number of hydrogen-bond acceptors (Lipinski definition) is 6. The molecule has 7 heteroatoms. The van der Waals surface area contributed by atoms with Crippen molar-refractivity contribution < 1.29 is 24.1 Å². The van der Waals surface area contributed by atoms with E-state index in [9.17, 15) is 15.2 Å². The lowest BCUT2D eigenvalue weighted by Gasteiger charge is -2.32. The van der Waals surface area contributed by atoms with Crippen LogP contribution < -0.4 is 19.5 Å². The first-order valence-electron chi connectivity index (χ1n) is 8.36. The van der Waals surface area contributed by atoms with E-state index in [-0.39, 0.29) is 5.92 Å². The second kappa shape index (κ2) is 7.46. The van der Waals surface area contributed by atoms with E-state index < -0.39 is 12.0 Å². The molecule has 2 atom stereocenters. The van der Waals surface area contributed by atoms with Gasteiger partial charge in [0.2, 0.25) is 5.75 Å². The molecule has 0 spiro atoms. The highest BCUT2D eigenvalue weighted by atomic mass is 16.5. The molecule has 27 heavy (non-hydrogen) atoms. The summed E-state index contributed by atoms with van der Waals surface area (Å²) in [7, 11) is 4.59. The quantitative estimate of drug-likeness (QED) is 0.836. The van der Waals surface area contributed by atoms with E-state index in [1.807, 2.05) is 6.07 Å². The van der Waals surface area contributed by atoms with Crippen molar-refractivity contribution >= 4 is 11.7 Å². The molecule has 2 aromatic carbocycles. The molecule has 0 fully saturated rings. The molecule has 0 bridgehead atoms. The number of methoxy groups -OCH3 is 3. The lowest BCUT2D eigenvalue weighted by molar-refractivity contribution is -0.138. The molecule has 1 aliphatic rings. The summed E-state index contributed by atoms with van der Waals surface area (Å²) in [4.78, 5) is 11.7. The molecule has 1 heterocycles. The minimum Gasteiger partial charge on any atom is -0.493 e. The minimum absolute atomic E-state index is 0.287. The van der Waals surface area contributed by atoms with Gasteiger partial charge in [-0.05, 0) is 36.2 Å². The fourth-order valence-corrected chi connectivity index (χ4v) is 3.52. The largest absolute Gasteiger partial charge is 0.493 e. The summed E-state index contributed by atoms with van der Waals surface area (Å²) in [5.41, 5.74) is 2.82. The number of rotatable bonds is 5. The lowest BCUT2D eigenvalue weighted by Crippen LogP contribution is -2.35. The maximum atomic E-state index is 11.7. The van der Waals surface area contributed by atoms with E-state index in [0.717, 1.165) is 11.1 Å².